The highest BCUT2D eigenvalue weighted by molar-refractivity contribution is 6.31. The van der Waals surface area contributed by atoms with Crippen LogP contribution in [0.25, 0.3) is 0 Å². The van der Waals surface area contributed by atoms with Crippen molar-refractivity contribution >= 4 is 23.2 Å². The highest BCUT2D eigenvalue weighted by Crippen LogP contribution is 2.39. The molecular weight excluding hydrogens is 386 g/mol. The average Bonchev–Trinajstić information content (AvgIpc) is 3.39. The van der Waals surface area contributed by atoms with Crippen molar-refractivity contribution in [3.63, 3.8) is 0 Å². The summed E-state index contributed by atoms with van der Waals surface area (Å²) in [5.41, 5.74) is 1.66. The number of anilines is 1. The van der Waals surface area contributed by atoms with E-state index in [9.17, 15) is 4.79 Å². The van der Waals surface area contributed by atoms with Gasteiger partial charge in [0.1, 0.15) is 11.6 Å². The zero-order chi connectivity index (χ0) is 20.5. The van der Waals surface area contributed by atoms with Crippen molar-refractivity contribution in [3.05, 3.63) is 40.4 Å². The molecule has 29 heavy (non-hydrogen) atoms. The first-order chi connectivity index (χ1) is 13.9. The molecule has 0 radical (unpaired) electrons. The minimum atomic E-state index is -0.0194. The highest BCUT2D eigenvalue weighted by Gasteiger charge is 2.37. The van der Waals surface area contributed by atoms with Crippen LogP contribution in [0.4, 0.5) is 5.69 Å². The monoisotopic (exact) mass is 415 g/mol. The van der Waals surface area contributed by atoms with Crippen LogP contribution in [0.1, 0.15) is 62.3 Å². The number of hydrogen-bond donors (Lipinski definition) is 1. The number of aryl methyl sites for hydroxylation is 1. The van der Waals surface area contributed by atoms with E-state index in [2.05, 4.69) is 38.8 Å². The Morgan fingerprint density at radius 1 is 1.28 bits per heavy atom. The van der Waals surface area contributed by atoms with Gasteiger partial charge in [0.25, 0.3) is 0 Å². The minimum Gasteiger partial charge on any atom is -0.326 e. The van der Waals surface area contributed by atoms with E-state index >= 15 is 0 Å². The van der Waals surface area contributed by atoms with E-state index < -0.39 is 0 Å². The summed E-state index contributed by atoms with van der Waals surface area (Å²) < 4.78 is 2.33. The number of likely N-dealkylation sites (tertiary alicyclic amines) is 1. The van der Waals surface area contributed by atoms with Crippen molar-refractivity contribution in [2.75, 3.05) is 25.0 Å². The molecule has 0 atom stereocenters. The van der Waals surface area contributed by atoms with Crippen molar-refractivity contribution in [3.8, 4) is 0 Å². The van der Waals surface area contributed by atoms with Crippen LogP contribution in [0.2, 0.25) is 5.02 Å². The Morgan fingerprint density at radius 2 is 2.03 bits per heavy atom. The molecule has 1 aromatic heterocycles. The van der Waals surface area contributed by atoms with Gasteiger partial charge in [-0.1, -0.05) is 31.5 Å². The number of amides is 1. The first-order valence-electron chi connectivity index (χ1n) is 10.6. The lowest BCUT2D eigenvalue weighted by atomic mass is 9.97. The molecule has 0 spiro atoms. The van der Waals surface area contributed by atoms with Gasteiger partial charge in [-0.25, -0.2) is 0 Å². The summed E-state index contributed by atoms with van der Waals surface area (Å²) in [4.78, 5) is 15.0. The number of benzene rings is 1. The standard InChI is InChI=1S/C22H30ClN5O/c1-14(2)11-27-12-16(13-27)22-26-25-20(28(22)17-7-8-17)9-10-21(29)24-19-6-4-5-18(23)15(19)3/h4-6,14,16-17H,7-13H2,1-3H3,(H,24,29). The summed E-state index contributed by atoms with van der Waals surface area (Å²) in [6, 6.07) is 6.08. The van der Waals surface area contributed by atoms with Crippen LogP contribution in [0.5, 0.6) is 0 Å². The van der Waals surface area contributed by atoms with E-state index in [1.807, 2.05) is 25.1 Å². The Morgan fingerprint density at radius 3 is 2.72 bits per heavy atom. The van der Waals surface area contributed by atoms with Gasteiger partial charge >= 0.3 is 0 Å². The van der Waals surface area contributed by atoms with Crippen LogP contribution in [0, 0.1) is 12.8 Å². The fourth-order valence-corrected chi connectivity index (χ4v) is 4.27. The normalized spacial score (nSPS) is 17.6. The van der Waals surface area contributed by atoms with E-state index in [0.717, 1.165) is 42.5 Å². The van der Waals surface area contributed by atoms with Gasteiger partial charge in [0.15, 0.2) is 0 Å². The van der Waals surface area contributed by atoms with Gasteiger partial charge in [-0.05, 0) is 43.4 Å². The molecule has 2 fully saturated rings. The molecule has 7 heteroatoms. The molecule has 0 bridgehead atoms. The second-order valence-corrected chi connectivity index (χ2v) is 9.25. The second-order valence-electron chi connectivity index (χ2n) is 8.85. The molecule has 1 aliphatic carbocycles. The summed E-state index contributed by atoms with van der Waals surface area (Å²) >= 11 is 6.15. The molecule has 1 saturated carbocycles. The van der Waals surface area contributed by atoms with Crippen LogP contribution in [-0.4, -0.2) is 45.2 Å². The van der Waals surface area contributed by atoms with E-state index in [0.29, 0.717) is 35.7 Å². The summed E-state index contributed by atoms with van der Waals surface area (Å²) in [7, 11) is 0. The largest absolute Gasteiger partial charge is 0.326 e. The maximum Gasteiger partial charge on any atom is 0.224 e. The van der Waals surface area contributed by atoms with Crippen LogP contribution in [0.3, 0.4) is 0 Å². The smallest absolute Gasteiger partial charge is 0.224 e. The summed E-state index contributed by atoms with van der Waals surface area (Å²) in [5, 5.41) is 12.6. The summed E-state index contributed by atoms with van der Waals surface area (Å²) in [6.45, 7) is 9.70. The van der Waals surface area contributed by atoms with Crippen molar-refractivity contribution < 1.29 is 4.79 Å². The summed E-state index contributed by atoms with van der Waals surface area (Å²) in [5.74, 6) is 3.21. The maximum atomic E-state index is 12.5. The zero-order valence-electron chi connectivity index (χ0n) is 17.5. The predicted molar refractivity (Wildman–Crippen MR) is 115 cm³/mol. The Labute approximate surface area is 177 Å². The van der Waals surface area contributed by atoms with Gasteiger partial charge in [0, 0.05) is 55.1 Å². The van der Waals surface area contributed by atoms with Crippen molar-refractivity contribution in [2.45, 2.75) is 58.4 Å². The zero-order valence-corrected chi connectivity index (χ0v) is 18.2. The molecule has 2 aliphatic rings. The van der Waals surface area contributed by atoms with Gasteiger partial charge in [-0.15, -0.1) is 10.2 Å². The molecule has 6 nitrogen and oxygen atoms in total. The maximum absolute atomic E-state index is 12.5. The Bertz CT molecular complexity index is 883. The predicted octanol–water partition coefficient (Wildman–Crippen LogP) is 4.20. The minimum absolute atomic E-state index is 0.0194. The van der Waals surface area contributed by atoms with Crippen molar-refractivity contribution in [2.24, 2.45) is 5.92 Å². The van der Waals surface area contributed by atoms with E-state index in [-0.39, 0.29) is 5.91 Å². The SMILES string of the molecule is Cc1c(Cl)cccc1NC(=O)CCc1nnc(C2CN(CC(C)C)C2)n1C1CC1. The molecule has 1 N–H and O–H groups in total. The number of hydrogen-bond acceptors (Lipinski definition) is 4. The first-order valence-corrected chi connectivity index (χ1v) is 11.0. The fourth-order valence-electron chi connectivity index (χ4n) is 4.10. The molecule has 4 rings (SSSR count). The van der Waals surface area contributed by atoms with Crippen LogP contribution >= 0.6 is 11.6 Å². The van der Waals surface area contributed by atoms with E-state index in [1.165, 1.54) is 12.8 Å². The topological polar surface area (TPSA) is 63.1 Å². The Kier molecular flexibility index (Phi) is 5.93. The molecule has 1 aromatic carbocycles. The quantitative estimate of drug-likeness (QED) is 0.701. The van der Waals surface area contributed by atoms with Gasteiger partial charge < -0.3 is 14.8 Å². The molecule has 1 saturated heterocycles. The lowest BCUT2D eigenvalue weighted by molar-refractivity contribution is -0.116. The molecule has 0 unspecified atom stereocenters. The summed E-state index contributed by atoms with van der Waals surface area (Å²) in [6.07, 6.45) is 3.38. The van der Waals surface area contributed by atoms with E-state index in [1.54, 1.807) is 0 Å². The number of rotatable bonds is 8. The van der Waals surface area contributed by atoms with E-state index in [4.69, 9.17) is 11.6 Å². The van der Waals surface area contributed by atoms with Gasteiger partial charge in [0.05, 0.1) is 0 Å². The number of halogens is 1. The van der Waals surface area contributed by atoms with Gasteiger partial charge in [-0.3, -0.25) is 4.79 Å². The number of aromatic nitrogens is 3. The molecule has 1 aliphatic heterocycles. The lowest BCUT2D eigenvalue weighted by Gasteiger charge is -2.39. The van der Waals surface area contributed by atoms with Gasteiger partial charge in [-0.2, -0.15) is 0 Å². The molecule has 2 aromatic rings. The third kappa shape index (κ3) is 4.64. The average molecular weight is 416 g/mol. The molecule has 1 amide bonds. The third-order valence-corrected chi connectivity index (χ3v) is 6.18. The van der Waals surface area contributed by atoms with Crippen molar-refractivity contribution in [1.29, 1.82) is 0 Å². The molecule has 2 heterocycles. The van der Waals surface area contributed by atoms with Crippen molar-refractivity contribution in [1.82, 2.24) is 19.7 Å². The fraction of sp³-hybridized carbons (Fsp3) is 0.591. The number of carbonyl (C=O) groups is 1. The Balaban J connectivity index is 1.37. The number of nitrogens with one attached hydrogen (secondary N) is 1. The van der Waals surface area contributed by atoms with Crippen LogP contribution < -0.4 is 5.32 Å². The lowest BCUT2D eigenvalue weighted by Crippen LogP contribution is -2.47. The first kappa shape index (κ1) is 20.4. The van der Waals surface area contributed by atoms with Gasteiger partial charge in [0.2, 0.25) is 5.91 Å². The third-order valence-electron chi connectivity index (χ3n) is 5.77. The Hall–Kier alpha value is -1.92. The second kappa shape index (κ2) is 8.44. The highest BCUT2D eigenvalue weighted by atomic mass is 35.5. The number of carbonyl (C=O) groups excluding carboxylic acids is 1. The molecule has 156 valence electrons. The van der Waals surface area contributed by atoms with Crippen LogP contribution in [-0.2, 0) is 11.2 Å². The van der Waals surface area contributed by atoms with Crippen LogP contribution in [0.15, 0.2) is 18.2 Å². The molecular formula is C22H30ClN5O. The number of nitrogens with zero attached hydrogens (tertiary/aromatic N) is 4.